The standard InChI is InChI=1S/C15H24N2O2/c1-15(2,11-19)10-13(16)9-12-3-5-14(6-4-12)17-7-8-18/h3-6,11,13,17-18H,7-10,16H2,1-2H3. The van der Waals surface area contributed by atoms with Gasteiger partial charge in [-0.1, -0.05) is 26.0 Å². The molecule has 0 aliphatic carbocycles. The number of aliphatic hydroxyl groups is 1. The zero-order valence-electron chi connectivity index (χ0n) is 11.7. The van der Waals surface area contributed by atoms with Crippen molar-refractivity contribution >= 4 is 12.0 Å². The van der Waals surface area contributed by atoms with E-state index in [1.165, 1.54) is 0 Å². The van der Waals surface area contributed by atoms with Gasteiger partial charge in [0.05, 0.1) is 6.61 Å². The molecule has 0 saturated heterocycles. The van der Waals surface area contributed by atoms with Crippen LogP contribution in [0.1, 0.15) is 25.8 Å². The van der Waals surface area contributed by atoms with Crippen LogP contribution in [0.4, 0.5) is 5.69 Å². The Morgan fingerprint density at radius 1 is 1.37 bits per heavy atom. The van der Waals surface area contributed by atoms with Crippen LogP contribution in [0, 0.1) is 5.41 Å². The largest absolute Gasteiger partial charge is 0.395 e. The fourth-order valence-electron chi connectivity index (χ4n) is 2.06. The minimum atomic E-state index is -0.359. The first-order valence-electron chi connectivity index (χ1n) is 6.62. The average molecular weight is 264 g/mol. The number of aliphatic hydroxyl groups excluding tert-OH is 1. The van der Waals surface area contributed by atoms with Crippen LogP contribution in [0.3, 0.4) is 0 Å². The Balaban J connectivity index is 2.50. The number of carbonyl (C=O) groups is 1. The Morgan fingerprint density at radius 2 is 2.00 bits per heavy atom. The highest BCUT2D eigenvalue weighted by atomic mass is 16.3. The summed E-state index contributed by atoms with van der Waals surface area (Å²) in [5.41, 5.74) is 7.86. The van der Waals surface area contributed by atoms with Crippen molar-refractivity contribution in [3.05, 3.63) is 29.8 Å². The van der Waals surface area contributed by atoms with Gasteiger partial charge in [0.25, 0.3) is 0 Å². The van der Waals surface area contributed by atoms with Crippen molar-refractivity contribution < 1.29 is 9.90 Å². The van der Waals surface area contributed by atoms with Crippen molar-refractivity contribution in [1.82, 2.24) is 0 Å². The van der Waals surface area contributed by atoms with Gasteiger partial charge < -0.3 is 21.0 Å². The molecule has 0 aromatic heterocycles. The normalized spacial score (nSPS) is 13.1. The molecule has 19 heavy (non-hydrogen) atoms. The molecule has 0 aliphatic rings. The van der Waals surface area contributed by atoms with Gasteiger partial charge in [-0.15, -0.1) is 0 Å². The Bertz CT molecular complexity index is 388. The highest BCUT2D eigenvalue weighted by Crippen LogP contribution is 2.20. The SMILES string of the molecule is CC(C)(C=O)CC(N)Cc1ccc(NCCO)cc1. The Kier molecular flexibility index (Phi) is 5.99. The molecule has 1 aromatic carbocycles. The van der Waals surface area contributed by atoms with Gasteiger partial charge in [0.15, 0.2) is 0 Å². The van der Waals surface area contributed by atoms with Gasteiger partial charge >= 0.3 is 0 Å². The second kappa shape index (κ2) is 7.26. The first-order chi connectivity index (χ1) is 8.96. The van der Waals surface area contributed by atoms with Crippen molar-refractivity contribution in [2.75, 3.05) is 18.5 Å². The predicted molar refractivity (Wildman–Crippen MR) is 78.2 cm³/mol. The van der Waals surface area contributed by atoms with Crippen molar-refractivity contribution in [1.29, 1.82) is 0 Å². The lowest BCUT2D eigenvalue weighted by Gasteiger charge is -2.21. The second-order valence-corrected chi connectivity index (χ2v) is 5.62. The molecule has 0 amide bonds. The van der Waals surface area contributed by atoms with Gasteiger partial charge in [-0.25, -0.2) is 0 Å². The van der Waals surface area contributed by atoms with Gasteiger partial charge in [-0.3, -0.25) is 0 Å². The van der Waals surface area contributed by atoms with Crippen molar-refractivity contribution in [2.45, 2.75) is 32.7 Å². The molecule has 0 bridgehead atoms. The average Bonchev–Trinajstić information content (AvgIpc) is 2.37. The molecule has 0 heterocycles. The molecule has 0 saturated carbocycles. The third kappa shape index (κ3) is 5.85. The van der Waals surface area contributed by atoms with Crippen LogP contribution in [0.2, 0.25) is 0 Å². The highest BCUT2D eigenvalue weighted by Gasteiger charge is 2.20. The molecule has 4 N–H and O–H groups in total. The van der Waals surface area contributed by atoms with E-state index in [9.17, 15) is 4.79 Å². The van der Waals surface area contributed by atoms with Crippen LogP contribution in [0.5, 0.6) is 0 Å². The molecule has 4 nitrogen and oxygen atoms in total. The van der Waals surface area contributed by atoms with Gasteiger partial charge in [-0.05, 0) is 30.5 Å². The Labute approximate surface area is 115 Å². The number of hydrogen-bond donors (Lipinski definition) is 3. The number of aldehydes is 1. The molecule has 0 aliphatic heterocycles. The molecule has 1 aromatic rings. The summed E-state index contributed by atoms with van der Waals surface area (Å²) >= 11 is 0. The maximum atomic E-state index is 10.9. The third-order valence-electron chi connectivity index (χ3n) is 3.00. The third-order valence-corrected chi connectivity index (χ3v) is 3.00. The lowest BCUT2D eigenvalue weighted by Crippen LogP contribution is -2.30. The minimum absolute atomic E-state index is 0.0172. The van der Waals surface area contributed by atoms with E-state index in [4.69, 9.17) is 10.8 Å². The Hall–Kier alpha value is -1.39. The highest BCUT2D eigenvalue weighted by molar-refractivity contribution is 5.57. The van der Waals surface area contributed by atoms with Gasteiger partial charge in [0.2, 0.25) is 0 Å². The van der Waals surface area contributed by atoms with E-state index in [1.807, 2.05) is 38.1 Å². The summed E-state index contributed by atoms with van der Waals surface area (Å²) in [5.74, 6) is 0. The van der Waals surface area contributed by atoms with E-state index in [1.54, 1.807) is 0 Å². The van der Waals surface area contributed by atoms with Crippen molar-refractivity contribution in [3.63, 3.8) is 0 Å². The van der Waals surface area contributed by atoms with E-state index >= 15 is 0 Å². The number of anilines is 1. The topological polar surface area (TPSA) is 75.4 Å². The van der Waals surface area contributed by atoms with Gasteiger partial charge in [0, 0.05) is 23.7 Å². The molecular weight excluding hydrogens is 240 g/mol. The predicted octanol–water partition coefficient (Wildman–Crippen LogP) is 1.58. The lowest BCUT2D eigenvalue weighted by molar-refractivity contribution is -0.115. The molecular formula is C15H24N2O2. The van der Waals surface area contributed by atoms with E-state index in [0.29, 0.717) is 13.0 Å². The van der Waals surface area contributed by atoms with Gasteiger partial charge in [-0.2, -0.15) is 0 Å². The van der Waals surface area contributed by atoms with Crippen molar-refractivity contribution in [3.8, 4) is 0 Å². The van der Waals surface area contributed by atoms with E-state index < -0.39 is 0 Å². The molecule has 1 unspecified atom stereocenters. The van der Waals surface area contributed by atoms with Crippen LogP contribution in [0.25, 0.3) is 0 Å². The number of carbonyl (C=O) groups excluding carboxylic acids is 1. The number of benzene rings is 1. The number of nitrogens with one attached hydrogen (secondary N) is 1. The number of nitrogens with two attached hydrogens (primary N) is 1. The fourth-order valence-corrected chi connectivity index (χ4v) is 2.06. The number of hydrogen-bond acceptors (Lipinski definition) is 4. The summed E-state index contributed by atoms with van der Waals surface area (Å²) in [4.78, 5) is 10.9. The van der Waals surface area contributed by atoms with Crippen LogP contribution in [-0.4, -0.2) is 30.6 Å². The molecule has 106 valence electrons. The molecule has 1 atom stereocenters. The first-order valence-corrected chi connectivity index (χ1v) is 6.62. The molecule has 4 heteroatoms. The zero-order chi connectivity index (χ0) is 14.3. The van der Waals surface area contributed by atoms with Crippen LogP contribution < -0.4 is 11.1 Å². The molecule has 0 radical (unpaired) electrons. The fraction of sp³-hybridized carbons (Fsp3) is 0.533. The van der Waals surface area contributed by atoms with Crippen LogP contribution in [-0.2, 0) is 11.2 Å². The zero-order valence-corrected chi connectivity index (χ0v) is 11.7. The van der Waals surface area contributed by atoms with Gasteiger partial charge in [0.1, 0.15) is 6.29 Å². The van der Waals surface area contributed by atoms with E-state index in [0.717, 1.165) is 24.0 Å². The van der Waals surface area contributed by atoms with Crippen molar-refractivity contribution in [2.24, 2.45) is 11.1 Å². The smallest absolute Gasteiger partial charge is 0.125 e. The monoisotopic (exact) mass is 264 g/mol. The summed E-state index contributed by atoms with van der Waals surface area (Å²) in [7, 11) is 0. The molecule has 1 rings (SSSR count). The number of rotatable bonds is 8. The van der Waals surface area contributed by atoms with Crippen LogP contribution in [0.15, 0.2) is 24.3 Å². The summed E-state index contributed by atoms with van der Waals surface area (Å²) in [6, 6.07) is 7.98. The first kappa shape index (κ1) is 15.7. The summed E-state index contributed by atoms with van der Waals surface area (Å²) in [6.45, 7) is 4.48. The summed E-state index contributed by atoms with van der Waals surface area (Å²) in [6.07, 6.45) is 2.41. The van der Waals surface area contributed by atoms with E-state index in [-0.39, 0.29) is 18.1 Å². The quantitative estimate of drug-likeness (QED) is 0.623. The minimum Gasteiger partial charge on any atom is -0.395 e. The maximum Gasteiger partial charge on any atom is 0.125 e. The summed E-state index contributed by atoms with van der Waals surface area (Å²) < 4.78 is 0. The second-order valence-electron chi connectivity index (χ2n) is 5.62. The molecule has 0 fully saturated rings. The van der Waals surface area contributed by atoms with Crippen LogP contribution >= 0.6 is 0 Å². The lowest BCUT2D eigenvalue weighted by atomic mass is 9.86. The Morgan fingerprint density at radius 3 is 2.53 bits per heavy atom. The van der Waals surface area contributed by atoms with E-state index in [2.05, 4.69) is 5.32 Å². The maximum absolute atomic E-state index is 10.9. The summed E-state index contributed by atoms with van der Waals surface area (Å²) in [5, 5.41) is 11.8. The molecule has 0 spiro atoms.